The van der Waals surface area contributed by atoms with Crippen LogP contribution in [0.25, 0.3) is 0 Å². The van der Waals surface area contributed by atoms with Crippen molar-refractivity contribution < 1.29 is 17.9 Å². The summed E-state index contributed by atoms with van der Waals surface area (Å²) < 4.78 is 27.4. The molecule has 5 heteroatoms. The van der Waals surface area contributed by atoms with E-state index in [1.165, 1.54) is 7.11 Å². The van der Waals surface area contributed by atoms with Crippen LogP contribution in [0, 0.1) is 0 Å². The maximum atomic E-state index is 11.1. The lowest BCUT2D eigenvalue weighted by Gasteiger charge is -2.34. The monoisotopic (exact) mass is 206 g/mol. The smallest absolute Gasteiger partial charge is 0.150 e. The molecule has 1 fully saturated rings. The van der Waals surface area contributed by atoms with Crippen molar-refractivity contribution in [3.63, 3.8) is 0 Å². The van der Waals surface area contributed by atoms with Crippen molar-refractivity contribution in [1.82, 2.24) is 0 Å². The molecule has 0 amide bonds. The summed E-state index contributed by atoms with van der Waals surface area (Å²) in [5.41, 5.74) is -0.521. The Kier molecular flexibility index (Phi) is 3.08. The largest absolute Gasteiger partial charge is 0.378 e. The number of methoxy groups -OCH3 is 1. The molecule has 0 unspecified atom stereocenters. The quantitative estimate of drug-likeness (QED) is 0.617. The van der Waals surface area contributed by atoms with Crippen LogP contribution in [-0.4, -0.2) is 38.9 Å². The van der Waals surface area contributed by atoms with Crippen LogP contribution in [-0.2, 0) is 19.4 Å². The van der Waals surface area contributed by atoms with Crippen LogP contribution in [0.15, 0.2) is 0 Å². The summed E-state index contributed by atoms with van der Waals surface area (Å²) in [6.45, 7) is 0. The van der Waals surface area contributed by atoms with Crippen LogP contribution in [0.5, 0.6) is 0 Å². The highest BCUT2D eigenvalue weighted by molar-refractivity contribution is 7.91. The fourth-order valence-electron chi connectivity index (χ4n) is 1.55. The molecule has 0 radical (unpaired) electrons. The van der Waals surface area contributed by atoms with Gasteiger partial charge in [0, 0.05) is 13.5 Å². The highest BCUT2D eigenvalue weighted by atomic mass is 32.2. The van der Waals surface area contributed by atoms with E-state index in [-0.39, 0.29) is 11.5 Å². The van der Waals surface area contributed by atoms with Gasteiger partial charge in [-0.05, 0) is 12.8 Å². The molecule has 0 saturated carbocycles. The fourth-order valence-corrected chi connectivity index (χ4v) is 3.12. The molecule has 0 aromatic heterocycles. The Bertz CT molecular complexity index is 267. The number of hydrogen-bond donors (Lipinski definition) is 0. The third kappa shape index (κ3) is 2.51. The normalized spacial score (nSPS) is 25.3. The van der Waals surface area contributed by atoms with E-state index in [9.17, 15) is 13.2 Å². The topological polar surface area (TPSA) is 60.4 Å². The third-order valence-corrected chi connectivity index (χ3v) is 4.28. The number of aldehydes is 1. The summed E-state index contributed by atoms with van der Waals surface area (Å²) in [7, 11) is -1.35. The minimum absolute atomic E-state index is 0.134. The number of sulfone groups is 1. The number of hydrogen-bond acceptors (Lipinski definition) is 4. The summed E-state index contributed by atoms with van der Waals surface area (Å²) in [5.74, 6) is 0.267. The Morgan fingerprint density at radius 2 is 1.92 bits per heavy atom. The molecule has 1 aliphatic heterocycles. The second-order valence-corrected chi connectivity index (χ2v) is 5.71. The molecule has 0 aromatic rings. The zero-order chi connectivity index (χ0) is 9.95. The number of carbonyl (C=O) groups excluding carboxylic acids is 1. The summed E-state index contributed by atoms with van der Waals surface area (Å²) in [6.07, 6.45) is 1.95. The summed E-state index contributed by atoms with van der Waals surface area (Å²) in [5, 5.41) is 0. The van der Waals surface area contributed by atoms with E-state index in [4.69, 9.17) is 4.74 Å². The number of rotatable bonds is 3. The van der Waals surface area contributed by atoms with Gasteiger partial charge >= 0.3 is 0 Å². The van der Waals surface area contributed by atoms with E-state index in [1.54, 1.807) is 0 Å². The zero-order valence-electron chi connectivity index (χ0n) is 7.65. The molecule has 0 N–H and O–H groups in total. The first kappa shape index (κ1) is 10.7. The Labute approximate surface area is 78.2 Å². The van der Waals surface area contributed by atoms with E-state index in [0.717, 1.165) is 6.29 Å². The van der Waals surface area contributed by atoms with Crippen molar-refractivity contribution in [3.8, 4) is 0 Å². The highest BCUT2D eigenvalue weighted by Gasteiger charge is 2.36. The third-order valence-electron chi connectivity index (χ3n) is 2.63. The van der Waals surface area contributed by atoms with Crippen molar-refractivity contribution in [2.75, 3.05) is 18.6 Å². The van der Waals surface area contributed by atoms with E-state index in [1.807, 2.05) is 0 Å². The Morgan fingerprint density at radius 3 is 2.31 bits per heavy atom. The predicted octanol–water partition coefficient (Wildman–Crippen LogP) is 0.169. The molecule has 0 atom stereocenters. The summed E-state index contributed by atoms with van der Waals surface area (Å²) >= 11 is 0. The SMILES string of the molecule is COC1(CC=O)CCS(=O)(=O)CC1. The van der Waals surface area contributed by atoms with E-state index < -0.39 is 15.4 Å². The maximum absolute atomic E-state index is 11.1. The van der Waals surface area contributed by atoms with Crippen LogP contribution in [0.3, 0.4) is 0 Å². The lowest BCUT2D eigenvalue weighted by molar-refractivity contribution is -0.114. The van der Waals surface area contributed by atoms with E-state index >= 15 is 0 Å². The van der Waals surface area contributed by atoms with Gasteiger partial charge in [-0.15, -0.1) is 0 Å². The lowest BCUT2D eigenvalue weighted by atomic mass is 9.93. The van der Waals surface area contributed by atoms with Gasteiger partial charge in [-0.1, -0.05) is 0 Å². The molecule has 0 bridgehead atoms. The van der Waals surface area contributed by atoms with Gasteiger partial charge in [0.15, 0.2) is 9.84 Å². The van der Waals surface area contributed by atoms with Gasteiger partial charge in [-0.25, -0.2) is 8.42 Å². The fraction of sp³-hybridized carbons (Fsp3) is 0.875. The summed E-state index contributed by atoms with van der Waals surface area (Å²) in [4.78, 5) is 10.4. The molecular formula is C8H14O4S. The first-order valence-corrected chi connectivity index (χ1v) is 6.05. The van der Waals surface area contributed by atoms with Crippen molar-refractivity contribution in [2.45, 2.75) is 24.9 Å². The Morgan fingerprint density at radius 1 is 1.38 bits per heavy atom. The van der Waals surface area contributed by atoms with Crippen molar-refractivity contribution in [2.24, 2.45) is 0 Å². The second-order valence-electron chi connectivity index (χ2n) is 3.41. The van der Waals surface area contributed by atoms with Crippen LogP contribution < -0.4 is 0 Å². The van der Waals surface area contributed by atoms with Gasteiger partial charge in [0.1, 0.15) is 6.29 Å². The lowest BCUT2D eigenvalue weighted by Crippen LogP contribution is -2.41. The van der Waals surface area contributed by atoms with Crippen LogP contribution in [0.4, 0.5) is 0 Å². The molecule has 4 nitrogen and oxygen atoms in total. The Balaban J connectivity index is 2.68. The number of carbonyl (C=O) groups is 1. The van der Waals surface area contributed by atoms with Gasteiger partial charge in [0.05, 0.1) is 17.1 Å². The molecule has 0 aromatic carbocycles. The van der Waals surface area contributed by atoms with Crippen LogP contribution in [0.1, 0.15) is 19.3 Å². The zero-order valence-corrected chi connectivity index (χ0v) is 8.47. The average Bonchev–Trinajstić information content (AvgIpc) is 2.10. The number of ether oxygens (including phenoxy) is 1. The second kappa shape index (κ2) is 3.75. The summed E-state index contributed by atoms with van der Waals surface area (Å²) in [6, 6.07) is 0. The first-order chi connectivity index (χ1) is 6.04. The van der Waals surface area contributed by atoms with Gasteiger partial charge in [0.2, 0.25) is 0 Å². The first-order valence-electron chi connectivity index (χ1n) is 4.23. The van der Waals surface area contributed by atoms with Gasteiger partial charge < -0.3 is 9.53 Å². The minimum atomic E-state index is -2.88. The van der Waals surface area contributed by atoms with Crippen LogP contribution in [0.2, 0.25) is 0 Å². The average molecular weight is 206 g/mol. The molecule has 0 spiro atoms. The van der Waals surface area contributed by atoms with Crippen molar-refractivity contribution in [1.29, 1.82) is 0 Å². The molecule has 76 valence electrons. The Hall–Kier alpha value is -0.420. The molecule has 1 rings (SSSR count). The highest BCUT2D eigenvalue weighted by Crippen LogP contribution is 2.29. The predicted molar refractivity (Wildman–Crippen MR) is 48.3 cm³/mol. The minimum Gasteiger partial charge on any atom is -0.378 e. The molecular weight excluding hydrogens is 192 g/mol. The maximum Gasteiger partial charge on any atom is 0.150 e. The van der Waals surface area contributed by atoms with Crippen LogP contribution >= 0.6 is 0 Å². The van der Waals surface area contributed by atoms with Crippen molar-refractivity contribution >= 4 is 16.1 Å². The van der Waals surface area contributed by atoms with E-state index in [0.29, 0.717) is 19.3 Å². The molecule has 1 saturated heterocycles. The molecule has 13 heavy (non-hydrogen) atoms. The molecule has 0 aliphatic carbocycles. The molecule has 1 aliphatic rings. The van der Waals surface area contributed by atoms with Gasteiger partial charge in [0.25, 0.3) is 0 Å². The van der Waals surface area contributed by atoms with Crippen molar-refractivity contribution in [3.05, 3.63) is 0 Å². The molecule has 1 heterocycles. The standard InChI is InChI=1S/C8H14O4S/c1-12-8(2-5-9)3-6-13(10,11)7-4-8/h5H,2-4,6-7H2,1H3. The van der Waals surface area contributed by atoms with Gasteiger partial charge in [-0.2, -0.15) is 0 Å². The van der Waals surface area contributed by atoms with Gasteiger partial charge in [-0.3, -0.25) is 0 Å². The van der Waals surface area contributed by atoms with E-state index in [2.05, 4.69) is 0 Å².